The van der Waals surface area contributed by atoms with E-state index in [0.717, 1.165) is 30.4 Å². The summed E-state index contributed by atoms with van der Waals surface area (Å²) in [6.07, 6.45) is 3.43. The molecule has 1 amide bonds. The molecule has 1 aliphatic heterocycles. The highest BCUT2D eigenvalue weighted by Crippen LogP contribution is 2.31. The Labute approximate surface area is 138 Å². The van der Waals surface area contributed by atoms with Gasteiger partial charge in [-0.1, -0.05) is 12.1 Å². The van der Waals surface area contributed by atoms with Gasteiger partial charge in [0, 0.05) is 25.2 Å². The highest BCUT2D eigenvalue weighted by atomic mass is 16.6. The number of anilines is 2. The second-order valence-electron chi connectivity index (χ2n) is 7.53. The minimum Gasteiger partial charge on any atom is -0.444 e. The van der Waals surface area contributed by atoms with Crippen LogP contribution in [-0.2, 0) is 4.74 Å². The van der Waals surface area contributed by atoms with E-state index in [0.29, 0.717) is 6.04 Å². The summed E-state index contributed by atoms with van der Waals surface area (Å²) in [5.74, 6) is 0. The number of amides is 1. The van der Waals surface area contributed by atoms with Crippen LogP contribution < -0.4 is 10.6 Å². The fourth-order valence-electron chi connectivity index (χ4n) is 3.03. The van der Waals surface area contributed by atoms with Crippen molar-refractivity contribution in [2.24, 2.45) is 0 Å². The molecule has 1 aromatic rings. The van der Waals surface area contributed by atoms with E-state index in [1.165, 1.54) is 19.4 Å². The number of nitrogens with one attached hydrogen (secondary N) is 2. The number of para-hydroxylation sites is 2. The molecule has 5 nitrogen and oxygen atoms in total. The molecular formula is C18H27N3O2. The van der Waals surface area contributed by atoms with Crippen molar-refractivity contribution < 1.29 is 9.53 Å². The molecule has 1 aliphatic carbocycles. The van der Waals surface area contributed by atoms with E-state index in [-0.39, 0.29) is 0 Å². The standard InChI is InChI=1S/C18H27N3O2/c1-18(2,3)23-17(22)20-16-7-5-4-6-15(16)19-13-10-11-21(12-13)14-8-9-14/h4-7,13-14,19H,8-12H2,1-3H3,(H,20,22). The molecule has 0 radical (unpaired) electrons. The fraction of sp³-hybridized carbons (Fsp3) is 0.611. The quantitative estimate of drug-likeness (QED) is 0.889. The SMILES string of the molecule is CC(C)(C)OC(=O)Nc1ccccc1NC1CCN(C2CC2)C1. The third-order valence-corrected chi connectivity index (χ3v) is 4.21. The Hall–Kier alpha value is -1.75. The lowest BCUT2D eigenvalue weighted by Gasteiger charge is -2.22. The number of benzene rings is 1. The Kier molecular flexibility index (Phi) is 4.48. The summed E-state index contributed by atoms with van der Waals surface area (Å²) in [6, 6.07) is 9.07. The first-order valence-electron chi connectivity index (χ1n) is 8.50. The molecule has 1 saturated heterocycles. The minimum atomic E-state index is -0.497. The van der Waals surface area contributed by atoms with Crippen LogP contribution in [0.5, 0.6) is 0 Å². The Balaban J connectivity index is 1.60. The van der Waals surface area contributed by atoms with Crippen molar-refractivity contribution in [1.29, 1.82) is 0 Å². The number of carbonyl (C=O) groups excluding carboxylic acids is 1. The van der Waals surface area contributed by atoms with Gasteiger partial charge in [-0.3, -0.25) is 10.2 Å². The van der Waals surface area contributed by atoms with E-state index >= 15 is 0 Å². The number of hydrogen-bond donors (Lipinski definition) is 2. The monoisotopic (exact) mass is 317 g/mol. The molecule has 5 heteroatoms. The molecule has 1 saturated carbocycles. The predicted molar refractivity (Wildman–Crippen MR) is 92.9 cm³/mol. The minimum absolute atomic E-state index is 0.419. The molecule has 126 valence electrons. The lowest BCUT2D eigenvalue weighted by atomic mass is 10.2. The maximum Gasteiger partial charge on any atom is 0.412 e. The van der Waals surface area contributed by atoms with E-state index in [1.54, 1.807) is 0 Å². The summed E-state index contributed by atoms with van der Waals surface area (Å²) in [4.78, 5) is 14.6. The lowest BCUT2D eigenvalue weighted by Crippen LogP contribution is -2.29. The van der Waals surface area contributed by atoms with Crippen LogP contribution in [0.4, 0.5) is 16.2 Å². The number of hydrogen-bond acceptors (Lipinski definition) is 4. The van der Waals surface area contributed by atoms with Gasteiger partial charge in [-0.25, -0.2) is 4.79 Å². The van der Waals surface area contributed by atoms with Crippen molar-refractivity contribution in [2.75, 3.05) is 23.7 Å². The summed E-state index contributed by atoms with van der Waals surface area (Å²) < 4.78 is 5.34. The lowest BCUT2D eigenvalue weighted by molar-refractivity contribution is 0.0636. The summed E-state index contributed by atoms with van der Waals surface area (Å²) in [7, 11) is 0. The topological polar surface area (TPSA) is 53.6 Å². The molecule has 2 N–H and O–H groups in total. The van der Waals surface area contributed by atoms with E-state index < -0.39 is 11.7 Å². The van der Waals surface area contributed by atoms with Gasteiger partial charge in [-0.05, 0) is 52.2 Å². The maximum absolute atomic E-state index is 12.0. The zero-order valence-electron chi connectivity index (χ0n) is 14.3. The fourth-order valence-corrected chi connectivity index (χ4v) is 3.03. The molecular weight excluding hydrogens is 290 g/mol. The third kappa shape index (κ3) is 4.61. The van der Waals surface area contributed by atoms with Crippen molar-refractivity contribution in [1.82, 2.24) is 4.90 Å². The average molecular weight is 317 g/mol. The second kappa shape index (κ2) is 6.40. The molecule has 2 fully saturated rings. The van der Waals surface area contributed by atoms with Gasteiger partial charge >= 0.3 is 6.09 Å². The van der Waals surface area contributed by atoms with E-state index in [4.69, 9.17) is 4.74 Å². The van der Waals surface area contributed by atoms with Crippen molar-refractivity contribution in [3.05, 3.63) is 24.3 Å². The highest BCUT2D eigenvalue weighted by Gasteiger charge is 2.34. The van der Waals surface area contributed by atoms with Crippen LogP contribution in [0.25, 0.3) is 0 Å². The molecule has 1 heterocycles. The number of likely N-dealkylation sites (tertiary alicyclic amines) is 1. The van der Waals surface area contributed by atoms with E-state index in [1.807, 2.05) is 45.0 Å². The van der Waals surface area contributed by atoms with E-state index in [2.05, 4.69) is 15.5 Å². The molecule has 0 spiro atoms. The van der Waals surface area contributed by atoms with Crippen molar-refractivity contribution in [3.8, 4) is 0 Å². The molecule has 1 atom stereocenters. The van der Waals surface area contributed by atoms with E-state index in [9.17, 15) is 4.79 Å². The summed E-state index contributed by atoms with van der Waals surface area (Å²) in [5, 5.41) is 6.43. The Morgan fingerprint density at radius 2 is 1.87 bits per heavy atom. The van der Waals surface area contributed by atoms with Gasteiger partial charge in [0.15, 0.2) is 0 Å². The van der Waals surface area contributed by atoms with Gasteiger partial charge in [0.05, 0.1) is 11.4 Å². The van der Waals surface area contributed by atoms with Crippen molar-refractivity contribution in [3.63, 3.8) is 0 Å². The predicted octanol–water partition coefficient (Wildman–Crippen LogP) is 3.68. The molecule has 23 heavy (non-hydrogen) atoms. The van der Waals surface area contributed by atoms with Crippen molar-refractivity contribution >= 4 is 17.5 Å². The summed E-state index contributed by atoms with van der Waals surface area (Å²) in [6.45, 7) is 7.85. The first kappa shape index (κ1) is 16.1. The Morgan fingerprint density at radius 3 is 2.52 bits per heavy atom. The zero-order chi connectivity index (χ0) is 16.4. The molecule has 1 aromatic carbocycles. The third-order valence-electron chi connectivity index (χ3n) is 4.21. The number of nitrogens with zero attached hydrogens (tertiary/aromatic N) is 1. The van der Waals surface area contributed by atoms with Crippen LogP contribution >= 0.6 is 0 Å². The Bertz CT molecular complexity index is 564. The largest absolute Gasteiger partial charge is 0.444 e. The van der Waals surface area contributed by atoms with Gasteiger partial charge in [0.1, 0.15) is 5.60 Å². The second-order valence-corrected chi connectivity index (χ2v) is 7.53. The molecule has 0 aromatic heterocycles. The summed E-state index contributed by atoms with van der Waals surface area (Å²) >= 11 is 0. The van der Waals surface area contributed by atoms with Gasteiger partial charge in [-0.2, -0.15) is 0 Å². The zero-order valence-corrected chi connectivity index (χ0v) is 14.3. The molecule has 2 aliphatic rings. The van der Waals surface area contributed by atoms with Crippen molar-refractivity contribution in [2.45, 2.75) is 57.7 Å². The number of ether oxygens (including phenoxy) is 1. The van der Waals surface area contributed by atoms with Crippen LogP contribution in [0.1, 0.15) is 40.0 Å². The van der Waals surface area contributed by atoms with Crippen LogP contribution in [0.3, 0.4) is 0 Å². The van der Waals surface area contributed by atoms with Crippen LogP contribution in [0.2, 0.25) is 0 Å². The summed E-state index contributed by atoms with van der Waals surface area (Å²) in [5.41, 5.74) is 1.23. The van der Waals surface area contributed by atoms with Crippen LogP contribution in [0, 0.1) is 0 Å². The Morgan fingerprint density at radius 1 is 1.17 bits per heavy atom. The molecule has 0 bridgehead atoms. The average Bonchev–Trinajstić information content (AvgIpc) is 3.19. The molecule has 1 unspecified atom stereocenters. The highest BCUT2D eigenvalue weighted by molar-refractivity contribution is 5.89. The van der Waals surface area contributed by atoms with Crippen LogP contribution in [-0.4, -0.2) is 41.8 Å². The van der Waals surface area contributed by atoms with Gasteiger partial charge in [0.25, 0.3) is 0 Å². The van der Waals surface area contributed by atoms with Gasteiger partial charge in [0.2, 0.25) is 0 Å². The molecule has 3 rings (SSSR count). The van der Waals surface area contributed by atoms with Gasteiger partial charge < -0.3 is 10.1 Å². The van der Waals surface area contributed by atoms with Gasteiger partial charge in [-0.15, -0.1) is 0 Å². The number of carbonyl (C=O) groups is 1. The maximum atomic E-state index is 12.0. The normalized spacial score (nSPS) is 22.0. The van der Waals surface area contributed by atoms with Crippen LogP contribution in [0.15, 0.2) is 24.3 Å². The first-order valence-corrected chi connectivity index (χ1v) is 8.50. The first-order chi connectivity index (χ1) is 10.9. The number of rotatable bonds is 4. The smallest absolute Gasteiger partial charge is 0.412 e.